The summed E-state index contributed by atoms with van der Waals surface area (Å²) in [4.78, 5) is 12.4. The average molecular weight is 370 g/mol. The normalized spacial score (nSPS) is 15.4. The highest BCUT2D eigenvalue weighted by Gasteiger charge is 2.17. The third-order valence-electron chi connectivity index (χ3n) is 4.05. The van der Waals surface area contributed by atoms with Crippen LogP contribution in [0, 0.1) is 0 Å². The zero-order chi connectivity index (χ0) is 17.1. The lowest BCUT2D eigenvalue weighted by Crippen LogP contribution is -2.15. The van der Waals surface area contributed by atoms with Crippen molar-refractivity contribution in [3.8, 4) is 0 Å². The number of rotatable bonds is 4. The number of para-hydroxylation sites is 1. The second kappa shape index (κ2) is 7.54. The monoisotopic (exact) mass is 370 g/mol. The van der Waals surface area contributed by atoms with E-state index in [1.165, 1.54) is 23.5 Å². The van der Waals surface area contributed by atoms with Crippen molar-refractivity contribution in [2.45, 2.75) is 17.4 Å². The lowest BCUT2D eigenvalue weighted by atomic mass is 10.1. The summed E-state index contributed by atoms with van der Waals surface area (Å²) in [7, 11) is 0. The van der Waals surface area contributed by atoms with E-state index in [1.54, 1.807) is 0 Å². The van der Waals surface area contributed by atoms with Crippen molar-refractivity contribution in [1.82, 2.24) is 5.16 Å². The molecule has 0 radical (unpaired) electrons. The standard InChI is InChI=1S/C19H18N2O2S2/c22-18(12-16-15-7-1-2-8-17(15)23-21-16)20-14-6-3-5-13(11-14)19-24-9-4-10-25-19/h1-3,5-8,11,19H,4,9-10,12H2,(H,20,22). The first-order chi connectivity index (χ1) is 12.3. The summed E-state index contributed by atoms with van der Waals surface area (Å²) in [5.74, 6) is 2.32. The van der Waals surface area contributed by atoms with Crippen molar-refractivity contribution in [2.75, 3.05) is 16.8 Å². The predicted molar refractivity (Wildman–Crippen MR) is 105 cm³/mol. The van der Waals surface area contributed by atoms with Gasteiger partial charge in [0.15, 0.2) is 5.58 Å². The summed E-state index contributed by atoms with van der Waals surface area (Å²) in [6.07, 6.45) is 1.47. The molecule has 1 aliphatic heterocycles. The van der Waals surface area contributed by atoms with E-state index in [9.17, 15) is 4.79 Å². The van der Waals surface area contributed by atoms with Gasteiger partial charge in [0.2, 0.25) is 5.91 Å². The van der Waals surface area contributed by atoms with Crippen LogP contribution in [-0.2, 0) is 11.2 Å². The van der Waals surface area contributed by atoms with Gasteiger partial charge in [0.05, 0.1) is 11.0 Å². The van der Waals surface area contributed by atoms with Crippen molar-refractivity contribution in [2.24, 2.45) is 0 Å². The minimum atomic E-state index is -0.0832. The fourth-order valence-electron chi connectivity index (χ4n) is 2.87. The molecule has 4 nitrogen and oxygen atoms in total. The molecule has 1 fully saturated rings. The Hall–Kier alpha value is -1.92. The quantitative estimate of drug-likeness (QED) is 0.709. The number of carbonyl (C=O) groups excluding carboxylic acids is 1. The molecule has 2 heterocycles. The number of fused-ring (bicyclic) bond motifs is 1. The number of nitrogens with zero attached hydrogens (tertiary/aromatic N) is 1. The number of benzene rings is 2. The van der Waals surface area contributed by atoms with Gasteiger partial charge < -0.3 is 9.84 Å². The van der Waals surface area contributed by atoms with Gasteiger partial charge in [0, 0.05) is 11.1 Å². The first-order valence-corrected chi connectivity index (χ1v) is 10.4. The Balaban J connectivity index is 1.45. The minimum Gasteiger partial charge on any atom is -0.356 e. The third-order valence-corrected chi connectivity index (χ3v) is 7.06. The number of nitrogens with one attached hydrogen (secondary N) is 1. The predicted octanol–water partition coefficient (Wildman–Crippen LogP) is 4.88. The van der Waals surface area contributed by atoms with Gasteiger partial charge >= 0.3 is 0 Å². The molecule has 0 unspecified atom stereocenters. The summed E-state index contributed by atoms with van der Waals surface area (Å²) < 4.78 is 5.73. The van der Waals surface area contributed by atoms with Crippen LogP contribution in [0.25, 0.3) is 11.0 Å². The summed E-state index contributed by atoms with van der Waals surface area (Å²) in [5, 5.41) is 7.90. The van der Waals surface area contributed by atoms with Crippen LogP contribution in [0.3, 0.4) is 0 Å². The van der Waals surface area contributed by atoms with Crippen LogP contribution >= 0.6 is 23.5 Å². The van der Waals surface area contributed by atoms with Crippen LogP contribution in [0.1, 0.15) is 22.3 Å². The number of anilines is 1. The summed E-state index contributed by atoms with van der Waals surface area (Å²) >= 11 is 3.95. The molecule has 0 aliphatic carbocycles. The lowest BCUT2D eigenvalue weighted by Gasteiger charge is -2.21. The molecule has 1 N–H and O–H groups in total. The fraction of sp³-hybridized carbons (Fsp3) is 0.263. The van der Waals surface area contributed by atoms with E-state index in [2.05, 4.69) is 22.6 Å². The largest absolute Gasteiger partial charge is 0.356 e. The number of hydrogen-bond acceptors (Lipinski definition) is 5. The SMILES string of the molecule is O=C(Cc1noc2ccccc12)Nc1cccc(C2SCCCS2)c1. The second-order valence-corrected chi connectivity index (χ2v) is 8.63. The van der Waals surface area contributed by atoms with E-state index in [1.807, 2.05) is 59.9 Å². The van der Waals surface area contributed by atoms with E-state index in [-0.39, 0.29) is 12.3 Å². The maximum absolute atomic E-state index is 12.4. The molecule has 0 atom stereocenters. The Bertz CT molecular complexity index is 888. The zero-order valence-corrected chi connectivity index (χ0v) is 15.2. The topological polar surface area (TPSA) is 55.1 Å². The Morgan fingerprint density at radius 2 is 2.00 bits per heavy atom. The van der Waals surface area contributed by atoms with E-state index >= 15 is 0 Å². The first kappa shape index (κ1) is 16.5. The molecule has 1 saturated heterocycles. The Kier molecular flexibility index (Phi) is 4.99. The fourth-order valence-corrected chi connectivity index (χ4v) is 5.74. The second-order valence-electron chi connectivity index (χ2n) is 5.90. The molecule has 1 aromatic heterocycles. The van der Waals surface area contributed by atoms with Gasteiger partial charge in [-0.3, -0.25) is 4.79 Å². The summed E-state index contributed by atoms with van der Waals surface area (Å²) in [5.41, 5.74) is 3.47. The average Bonchev–Trinajstić information content (AvgIpc) is 3.06. The maximum atomic E-state index is 12.4. The molecule has 0 spiro atoms. The zero-order valence-electron chi connectivity index (χ0n) is 13.6. The number of thioether (sulfide) groups is 2. The molecule has 0 saturated carbocycles. The van der Waals surface area contributed by atoms with E-state index in [0.29, 0.717) is 15.9 Å². The first-order valence-electron chi connectivity index (χ1n) is 8.26. The van der Waals surface area contributed by atoms with Gasteiger partial charge in [-0.15, -0.1) is 23.5 Å². The minimum absolute atomic E-state index is 0.0832. The van der Waals surface area contributed by atoms with Crippen LogP contribution in [0.5, 0.6) is 0 Å². The van der Waals surface area contributed by atoms with Crippen molar-refractivity contribution in [3.05, 3.63) is 59.8 Å². The smallest absolute Gasteiger partial charge is 0.230 e. The lowest BCUT2D eigenvalue weighted by molar-refractivity contribution is -0.115. The van der Waals surface area contributed by atoms with Gasteiger partial charge in [-0.2, -0.15) is 0 Å². The van der Waals surface area contributed by atoms with Crippen LogP contribution in [0.4, 0.5) is 5.69 Å². The molecule has 0 bridgehead atoms. The van der Waals surface area contributed by atoms with Gasteiger partial charge in [-0.25, -0.2) is 0 Å². The van der Waals surface area contributed by atoms with Gasteiger partial charge in [0.1, 0.15) is 5.69 Å². The van der Waals surface area contributed by atoms with E-state index in [4.69, 9.17) is 4.52 Å². The van der Waals surface area contributed by atoms with Crippen LogP contribution in [-0.4, -0.2) is 22.6 Å². The van der Waals surface area contributed by atoms with E-state index in [0.717, 1.165) is 11.1 Å². The molecular weight excluding hydrogens is 352 g/mol. The van der Waals surface area contributed by atoms with Gasteiger partial charge in [0.25, 0.3) is 0 Å². The van der Waals surface area contributed by atoms with Gasteiger partial charge in [-0.1, -0.05) is 29.4 Å². The van der Waals surface area contributed by atoms with Gasteiger partial charge in [-0.05, 0) is 47.8 Å². The Labute approximate surface area is 154 Å². The number of carbonyl (C=O) groups is 1. The van der Waals surface area contributed by atoms with Crippen molar-refractivity contribution in [3.63, 3.8) is 0 Å². The molecule has 1 amide bonds. The van der Waals surface area contributed by atoms with Crippen LogP contribution < -0.4 is 5.32 Å². The third kappa shape index (κ3) is 3.85. The highest BCUT2D eigenvalue weighted by molar-refractivity contribution is 8.16. The van der Waals surface area contributed by atoms with E-state index < -0.39 is 0 Å². The molecule has 4 rings (SSSR count). The number of aromatic nitrogens is 1. The molecule has 128 valence electrons. The van der Waals surface area contributed by atoms with Crippen LogP contribution in [0.2, 0.25) is 0 Å². The Morgan fingerprint density at radius 3 is 2.88 bits per heavy atom. The summed E-state index contributed by atoms with van der Waals surface area (Å²) in [6.45, 7) is 0. The Morgan fingerprint density at radius 1 is 1.16 bits per heavy atom. The molecule has 1 aliphatic rings. The highest BCUT2D eigenvalue weighted by atomic mass is 32.2. The van der Waals surface area contributed by atoms with Crippen molar-refractivity contribution in [1.29, 1.82) is 0 Å². The maximum Gasteiger partial charge on any atom is 0.230 e. The summed E-state index contributed by atoms with van der Waals surface area (Å²) in [6, 6.07) is 15.7. The molecule has 2 aromatic carbocycles. The van der Waals surface area contributed by atoms with Crippen molar-refractivity contribution >= 4 is 46.1 Å². The highest BCUT2D eigenvalue weighted by Crippen LogP contribution is 2.44. The number of hydrogen-bond donors (Lipinski definition) is 1. The van der Waals surface area contributed by atoms with Crippen molar-refractivity contribution < 1.29 is 9.32 Å². The van der Waals surface area contributed by atoms with Crippen LogP contribution in [0.15, 0.2) is 53.1 Å². The molecule has 3 aromatic rings. The molecule has 25 heavy (non-hydrogen) atoms. The number of amides is 1. The molecule has 6 heteroatoms. The molecular formula is C19H18N2O2S2.